The van der Waals surface area contributed by atoms with Crippen molar-refractivity contribution in [2.45, 2.75) is 32.3 Å². The number of hydrogen-bond acceptors (Lipinski definition) is 5. The number of hydrogen-bond donors (Lipinski definition) is 1. The van der Waals surface area contributed by atoms with Crippen LogP contribution in [-0.2, 0) is 21.6 Å². The summed E-state index contributed by atoms with van der Waals surface area (Å²) in [6.07, 6.45) is 1.98. The lowest BCUT2D eigenvalue weighted by molar-refractivity contribution is -0.245. The average molecular weight is 360 g/mol. The highest BCUT2D eigenvalue weighted by Gasteiger charge is 2.42. The number of ether oxygens (including phenoxy) is 2. The maximum absolute atomic E-state index is 11.4. The SMILES string of the molecule is CCOC(OCC)C(O)(Cn1cncn1)c1ccc(Cl)cc1Cl. The van der Waals surface area contributed by atoms with Gasteiger partial charge in [0.05, 0.1) is 6.54 Å². The van der Waals surface area contributed by atoms with Gasteiger partial charge in [0.15, 0.2) is 11.9 Å². The molecule has 8 heteroatoms. The van der Waals surface area contributed by atoms with Crippen LogP contribution in [0.1, 0.15) is 19.4 Å². The predicted molar refractivity (Wildman–Crippen MR) is 87.4 cm³/mol. The van der Waals surface area contributed by atoms with Gasteiger partial charge in [-0.1, -0.05) is 29.3 Å². The molecule has 1 atom stereocenters. The summed E-state index contributed by atoms with van der Waals surface area (Å²) in [6, 6.07) is 4.89. The summed E-state index contributed by atoms with van der Waals surface area (Å²) < 4.78 is 12.7. The van der Waals surface area contributed by atoms with E-state index >= 15 is 0 Å². The normalized spacial score (nSPS) is 14.2. The first kappa shape index (κ1) is 18.2. The quantitative estimate of drug-likeness (QED) is 0.733. The summed E-state index contributed by atoms with van der Waals surface area (Å²) in [5.74, 6) is 0. The van der Waals surface area contributed by atoms with Crippen molar-refractivity contribution in [2.24, 2.45) is 0 Å². The standard InChI is InChI=1S/C15H19Cl2N3O3/c1-3-22-14(23-4-2)15(21,8-20-10-18-9-19-20)12-6-5-11(16)7-13(12)17/h5-7,9-10,14,21H,3-4,8H2,1-2H3. The zero-order valence-electron chi connectivity index (χ0n) is 12.9. The Bertz CT molecular complexity index is 618. The van der Waals surface area contributed by atoms with Gasteiger partial charge < -0.3 is 14.6 Å². The second-order valence-corrected chi connectivity index (χ2v) is 5.73. The van der Waals surface area contributed by atoms with Crippen LogP contribution in [0.2, 0.25) is 10.0 Å². The molecule has 0 saturated heterocycles. The summed E-state index contributed by atoms with van der Waals surface area (Å²) >= 11 is 12.3. The van der Waals surface area contributed by atoms with Gasteiger partial charge in [0.1, 0.15) is 12.7 Å². The highest BCUT2D eigenvalue weighted by molar-refractivity contribution is 6.35. The van der Waals surface area contributed by atoms with Crippen molar-refractivity contribution in [3.63, 3.8) is 0 Å². The van der Waals surface area contributed by atoms with Gasteiger partial charge in [0.2, 0.25) is 0 Å². The minimum Gasteiger partial charge on any atom is -0.378 e. The molecule has 6 nitrogen and oxygen atoms in total. The van der Waals surface area contributed by atoms with Gasteiger partial charge in [-0.25, -0.2) is 9.67 Å². The fraction of sp³-hybridized carbons (Fsp3) is 0.467. The first-order valence-corrected chi connectivity index (χ1v) is 8.00. The second kappa shape index (κ2) is 8.08. The Kier molecular flexibility index (Phi) is 6.38. The van der Waals surface area contributed by atoms with Gasteiger partial charge in [-0.05, 0) is 26.0 Å². The average Bonchev–Trinajstić information content (AvgIpc) is 2.99. The molecule has 0 saturated carbocycles. The Morgan fingerprint density at radius 3 is 2.48 bits per heavy atom. The van der Waals surface area contributed by atoms with Crippen LogP contribution >= 0.6 is 23.2 Å². The van der Waals surface area contributed by atoms with Crippen LogP contribution in [0.15, 0.2) is 30.9 Å². The lowest BCUT2D eigenvalue weighted by Gasteiger charge is -2.36. The van der Waals surface area contributed by atoms with Crippen LogP contribution in [0.3, 0.4) is 0 Å². The van der Waals surface area contributed by atoms with E-state index in [0.29, 0.717) is 28.8 Å². The van der Waals surface area contributed by atoms with E-state index in [1.807, 2.05) is 13.8 Å². The van der Waals surface area contributed by atoms with Crippen molar-refractivity contribution in [3.05, 3.63) is 46.5 Å². The van der Waals surface area contributed by atoms with Crippen molar-refractivity contribution in [3.8, 4) is 0 Å². The number of nitrogens with zero attached hydrogens (tertiary/aromatic N) is 3. The van der Waals surface area contributed by atoms with E-state index in [1.165, 1.54) is 17.3 Å². The van der Waals surface area contributed by atoms with E-state index in [1.54, 1.807) is 18.2 Å². The predicted octanol–water partition coefficient (Wildman–Crippen LogP) is 2.87. The van der Waals surface area contributed by atoms with Crippen molar-refractivity contribution in [2.75, 3.05) is 13.2 Å². The van der Waals surface area contributed by atoms with Gasteiger partial charge in [-0.15, -0.1) is 0 Å². The lowest BCUT2D eigenvalue weighted by atomic mass is 9.92. The van der Waals surface area contributed by atoms with Gasteiger partial charge in [0.25, 0.3) is 0 Å². The van der Waals surface area contributed by atoms with Crippen molar-refractivity contribution in [1.82, 2.24) is 14.8 Å². The molecular formula is C15H19Cl2N3O3. The number of halogens is 2. The molecule has 0 radical (unpaired) electrons. The Hall–Kier alpha value is -1.18. The van der Waals surface area contributed by atoms with Crippen molar-refractivity contribution >= 4 is 23.2 Å². The first-order valence-electron chi connectivity index (χ1n) is 7.24. The molecule has 23 heavy (non-hydrogen) atoms. The highest BCUT2D eigenvalue weighted by Crippen LogP contribution is 2.36. The lowest BCUT2D eigenvalue weighted by Crippen LogP contribution is -2.47. The third-order valence-corrected chi connectivity index (χ3v) is 3.84. The maximum atomic E-state index is 11.4. The van der Waals surface area contributed by atoms with Crippen LogP contribution in [0.25, 0.3) is 0 Å². The molecule has 1 aromatic carbocycles. The van der Waals surface area contributed by atoms with Crippen LogP contribution < -0.4 is 0 Å². The minimum absolute atomic E-state index is 0.0685. The monoisotopic (exact) mass is 359 g/mol. The van der Waals surface area contributed by atoms with Crippen LogP contribution in [0, 0.1) is 0 Å². The summed E-state index contributed by atoms with van der Waals surface area (Å²) in [6.45, 7) is 4.46. The molecule has 1 N–H and O–H groups in total. The van der Waals surface area contributed by atoms with Crippen molar-refractivity contribution < 1.29 is 14.6 Å². The minimum atomic E-state index is -1.55. The fourth-order valence-electron chi connectivity index (χ4n) is 2.32. The van der Waals surface area contributed by atoms with Gasteiger partial charge in [-0.2, -0.15) is 5.10 Å². The maximum Gasteiger partial charge on any atom is 0.192 e. The van der Waals surface area contributed by atoms with Crippen molar-refractivity contribution in [1.29, 1.82) is 0 Å². The molecule has 2 aromatic rings. The molecular weight excluding hydrogens is 341 g/mol. The Morgan fingerprint density at radius 1 is 1.26 bits per heavy atom. The molecule has 0 fully saturated rings. The van der Waals surface area contributed by atoms with Crippen LogP contribution in [0.4, 0.5) is 0 Å². The third-order valence-electron chi connectivity index (χ3n) is 3.29. The van der Waals surface area contributed by atoms with E-state index in [0.717, 1.165) is 0 Å². The van der Waals surface area contributed by atoms with Crippen LogP contribution in [-0.4, -0.2) is 39.4 Å². The Labute approximate surface area is 144 Å². The molecule has 1 heterocycles. The molecule has 0 aliphatic rings. The Morgan fingerprint density at radius 2 is 1.96 bits per heavy atom. The smallest absolute Gasteiger partial charge is 0.192 e. The summed E-state index contributed by atoms with van der Waals surface area (Å²) in [7, 11) is 0. The second-order valence-electron chi connectivity index (χ2n) is 4.88. The number of aliphatic hydroxyl groups is 1. The van der Waals surface area contributed by atoms with E-state index in [4.69, 9.17) is 32.7 Å². The van der Waals surface area contributed by atoms with Crippen LogP contribution in [0.5, 0.6) is 0 Å². The molecule has 0 aliphatic carbocycles. The molecule has 1 unspecified atom stereocenters. The third kappa shape index (κ3) is 4.22. The zero-order chi connectivity index (χ0) is 16.9. The molecule has 0 amide bonds. The summed E-state index contributed by atoms with van der Waals surface area (Å²) in [5.41, 5.74) is -1.10. The first-order chi connectivity index (χ1) is 11.0. The fourth-order valence-corrected chi connectivity index (χ4v) is 2.89. The van der Waals surface area contributed by atoms with Gasteiger partial charge >= 0.3 is 0 Å². The molecule has 0 aliphatic heterocycles. The zero-order valence-corrected chi connectivity index (χ0v) is 14.5. The largest absolute Gasteiger partial charge is 0.378 e. The molecule has 0 spiro atoms. The number of rotatable bonds is 8. The molecule has 2 rings (SSSR count). The number of benzene rings is 1. The van der Waals surface area contributed by atoms with E-state index in [-0.39, 0.29) is 6.54 Å². The number of aromatic nitrogens is 3. The molecule has 126 valence electrons. The molecule has 0 bridgehead atoms. The Balaban J connectivity index is 2.48. The topological polar surface area (TPSA) is 69.4 Å². The summed E-state index contributed by atoms with van der Waals surface area (Å²) in [5, 5.41) is 16.2. The highest BCUT2D eigenvalue weighted by atomic mass is 35.5. The van der Waals surface area contributed by atoms with E-state index < -0.39 is 11.9 Å². The van der Waals surface area contributed by atoms with Gasteiger partial charge in [0, 0.05) is 28.8 Å². The molecule has 1 aromatic heterocycles. The van der Waals surface area contributed by atoms with Gasteiger partial charge in [-0.3, -0.25) is 0 Å². The van der Waals surface area contributed by atoms with E-state index in [9.17, 15) is 5.11 Å². The summed E-state index contributed by atoms with van der Waals surface area (Å²) in [4.78, 5) is 3.89. The van der Waals surface area contributed by atoms with E-state index in [2.05, 4.69) is 10.1 Å².